The molecule has 90 valence electrons. The molecule has 3 aromatic carbocycles. The summed E-state index contributed by atoms with van der Waals surface area (Å²) in [6, 6.07) is 28.1. The summed E-state index contributed by atoms with van der Waals surface area (Å²) in [6.07, 6.45) is 0. The van der Waals surface area contributed by atoms with Gasteiger partial charge in [0.2, 0.25) is 0 Å². The van der Waals surface area contributed by atoms with E-state index in [2.05, 4.69) is 78.9 Å². The molecule has 1 atom stereocenters. The molecule has 0 fully saturated rings. The molecule has 0 amide bonds. The van der Waals surface area contributed by atoms with Crippen LogP contribution in [-0.2, 0) is 0 Å². The zero-order chi connectivity index (χ0) is 12.7. The Balaban J connectivity index is 1.81. The van der Waals surface area contributed by atoms with Gasteiger partial charge in [-0.1, -0.05) is 78.9 Å². The van der Waals surface area contributed by atoms with Crippen LogP contribution in [0.3, 0.4) is 0 Å². The lowest BCUT2D eigenvalue weighted by molar-refractivity contribution is 1.21. The Bertz CT molecular complexity index is 712. The van der Waals surface area contributed by atoms with Crippen LogP contribution < -0.4 is 0 Å². The normalized spacial score (nSPS) is 15.9. The molecule has 1 unspecified atom stereocenters. The molecule has 0 heteroatoms. The molecule has 0 N–H and O–H groups in total. The number of hydrogen-bond donors (Lipinski definition) is 0. The van der Waals surface area contributed by atoms with Gasteiger partial charge in [0.05, 0.1) is 0 Å². The summed E-state index contributed by atoms with van der Waals surface area (Å²) < 4.78 is 0. The van der Waals surface area contributed by atoms with Crippen LogP contribution in [0.5, 0.6) is 0 Å². The molecule has 0 heterocycles. The minimum absolute atomic E-state index is 0.506. The van der Waals surface area contributed by atoms with Crippen molar-refractivity contribution in [3.05, 3.63) is 95.6 Å². The van der Waals surface area contributed by atoms with Crippen LogP contribution in [0.1, 0.15) is 22.6 Å². The highest BCUT2D eigenvalue weighted by Crippen LogP contribution is 2.52. The van der Waals surface area contributed by atoms with Gasteiger partial charge in [0.15, 0.2) is 0 Å². The molecular formula is C19H14. The second kappa shape index (κ2) is 4.10. The first-order chi connectivity index (χ1) is 9.45. The van der Waals surface area contributed by atoms with Crippen molar-refractivity contribution in [1.82, 2.24) is 0 Å². The first kappa shape index (κ1) is 10.6. The molecule has 0 saturated heterocycles. The average molecular weight is 242 g/mol. The Labute approximate surface area is 113 Å². The predicted octanol–water partition coefficient (Wildman–Crippen LogP) is 4.85. The van der Waals surface area contributed by atoms with Gasteiger partial charge in [-0.3, -0.25) is 0 Å². The fourth-order valence-electron chi connectivity index (χ4n) is 2.93. The number of fused-ring (bicyclic) bond motifs is 1. The Hall–Kier alpha value is -2.34. The molecule has 0 radical (unpaired) electrons. The fraction of sp³-hybridized carbons (Fsp3) is 0.0526. The van der Waals surface area contributed by atoms with Crippen molar-refractivity contribution >= 4 is 0 Å². The van der Waals surface area contributed by atoms with Gasteiger partial charge in [0, 0.05) is 5.92 Å². The first-order valence-electron chi connectivity index (χ1n) is 6.68. The number of benzene rings is 3. The molecule has 1 aliphatic rings. The molecule has 4 rings (SSSR count). The van der Waals surface area contributed by atoms with E-state index >= 15 is 0 Å². The molecule has 0 aromatic heterocycles. The second-order valence-electron chi connectivity index (χ2n) is 5.02. The van der Waals surface area contributed by atoms with Gasteiger partial charge in [0.1, 0.15) is 0 Å². The van der Waals surface area contributed by atoms with Crippen LogP contribution in [0.15, 0.2) is 78.9 Å². The van der Waals surface area contributed by atoms with Crippen LogP contribution in [0.25, 0.3) is 11.1 Å². The minimum Gasteiger partial charge on any atom is -0.0622 e. The summed E-state index contributed by atoms with van der Waals surface area (Å²) in [5, 5.41) is 0. The van der Waals surface area contributed by atoms with Gasteiger partial charge in [-0.15, -0.1) is 0 Å². The quantitative estimate of drug-likeness (QED) is 0.471. The minimum atomic E-state index is 0.506. The summed E-state index contributed by atoms with van der Waals surface area (Å²) in [4.78, 5) is 0. The van der Waals surface area contributed by atoms with Crippen molar-refractivity contribution in [2.24, 2.45) is 0 Å². The standard InChI is InChI=1S/C19H14/c1-3-8-14(9-4-1)16-12-7-13-17-18(19(16)17)15-10-5-2-6-11-15/h1-13,18H. The maximum atomic E-state index is 2.25. The molecule has 19 heavy (non-hydrogen) atoms. The predicted molar refractivity (Wildman–Crippen MR) is 79.3 cm³/mol. The molecule has 0 aliphatic heterocycles. The SMILES string of the molecule is c1ccc(-c2cccc3c2C3c2ccccc2)cc1. The average Bonchev–Trinajstić information content (AvgIpc) is 3.23. The smallest absolute Gasteiger partial charge is 0.0352 e. The monoisotopic (exact) mass is 242 g/mol. The van der Waals surface area contributed by atoms with Gasteiger partial charge < -0.3 is 0 Å². The van der Waals surface area contributed by atoms with Gasteiger partial charge in [-0.05, 0) is 27.8 Å². The third-order valence-corrected chi connectivity index (χ3v) is 3.87. The van der Waals surface area contributed by atoms with E-state index in [0.717, 1.165) is 0 Å². The molecule has 1 aliphatic carbocycles. The summed E-state index contributed by atoms with van der Waals surface area (Å²) in [5.41, 5.74) is 7.08. The van der Waals surface area contributed by atoms with E-state index in [1.165, 1.54) is 27.8 Å². The molecule has 0 spiro atoms. The van der Waals surface area contributed by atoms with Crippen molar-refractivity contribution in [2.75, 3.05) is 0 Å². The molecular weight excluding hydrogens is 228 g/mol. The largest absolute Gasteiger partial charge is 0.0622 e. The van der Waals surface area contributed by atoms with E-state index in [1.807, 2.05) is 0 Å². The van der Waals surface area contributed by atoms with Crippen molar-refractivity contribution < 1.29 is 0 Å². The Kier molecular flexibility index (Phi) is 2.28. The fourth-order valence-corrected chi connectivity index (χ4v) is 2.93. The lowest BCUT2D eigenvalue weighted by Gasteiger charge is -2.01. The van der Waals surface area contributed by atoms with Crippen LogP contribution in [0.2, 0.25) is 0 Å². The Morgan fingerprint density at radius 1 is 0.579 bits per heavy atom. The van der Waals surface area contributed by atoms with Crippen molar-refractivity contribution in [3.63, 3.8) is 0 Å². The van der Waals surface area contributed by atoms with E-state index in [1.54, 1.807) is 0 Å². The maximum absolute atomic E-state index is 2.25. The lowest BCUT2D eigenvalue weighted by Crippen LogP contribution is -1.81. The molecule has 0 bridgehead atoms. The van der Waals surface area contributed by atoms with Gasteiger partial charge >= 0.3 is 0 Å². The van der Waals surface area contributed by atoms with Crippen molar-refractivity contribution in [3.8, 4) is 11.1 Å². The third-order valence-electron chi connectivity index (χ3n) is 3.87. The summed E-state index contributed by atoms with van der Waals surface area (Å²) >= 11 is 0. The van der Waals surface area contributed by atoms with Gasteiger partial charge in [0.25, 0.3) is 0 Å². The van der Waals surface area contributed by atoms with Crippen LogP contribution in [0.4, 0.5) is 0 Å². The van der Waals surface area contributed by atoms with Crippen LogP contribution in [0, 0.1) is 0 Å². The lowest BCUT2D eigenvalue weighted by atomic mass is 10.0. The topological polar surface area (TPSA) is 0 Å². The highest BCUT2D eigenvalue weighted by molar-refractivity contribution is 5.79. The van der Waals surface area contributed by atoms with Crippen LogP contribution >= 0.6 is 0 Å². The van der Waals surface area contributed by atoms with Gasteiger partial charge in [-0.25, -0.2) is 0 Å². The van der Waals surface area contributed by atoms with E-state index in [9.17, 15) is 0 Å². The van der Waals surface area contributed by atoms with Gasteiger partial charge in [-0.2, -0.15) is 0 Å². The summed E-state index contributed by atoms with van der Waals surface area (Å²) in [5.74, 6) is 0.506. The Morgan fingerprint density at radius 2 is 1.26 bits per heavy atom. The van der Waals surface area contributed by atoms with E-state index in [4.69, 9.17) is 0 Å². The maximum Gasteiger partial charge on any atom is 0.0352 e. The van der Waals surface area contributed by atoms with Crippen molar-refractivity contribution in [1.29, 1.82) is 0 Å². The van der Waals surface area contributed by atoms with E-state index in [0.29, 0.717) is 5.92 Å². The second-order valence-corrected chi connectivity index (χ2v) is 5.02. The summed E-state index contributed by atoms with van der Waals surface area (Å²) in [6.45, 7) is 0. The Morgan fingerprint density at radius 3 is 2.00 bits per heavy atom. The molecule has 0 nitrogen and oxygen atoms in total. The van der Waals surface area contributed by atoms with E-state index in [-0.39, 0.29) is 0 Å². The van der Waals surface area contributed by atoms with E-state index < -0.39 is 0 Å². The highest BCUT2D eigenvalue weighted by Gasteiger charge is 2.36. The zero-order valence-corrected chi connectivity index (χ0v) is 10.6. The zero-order valence-electron chi connectivity index (χ0n) is 10.6. The third kappa shape index (κ3) is 1.68. The highest BCUT2D eigenvalue weighted by atomic mass is 14.4. The van der Waals surface area contributed by atoms with Crippen molar-refractivity contribution in [2.45, 2.75) is 5.92 Å². The summed E-state index contributed by atoms with van der Waals surface area (Å²) in [7, 11) is 0. The number of rotatable bonds is 2. The molecule has 3 aromatic rings. The first-order valence-corrected chi connectivity index (χ1v) is 6.68. The molecule has 0 saturated carbocycles. The van der Waals surface area contributed by atoms with Crippen LogP contribution in [-0.4, -0.2) is 0 Å². The number of hydrogen-bond acceptors (Lipinski definition) is 0.